The Hall–Kier alpha value is -1.99. The Balaban J connectivity index is 2.22. The molecular weight excluding hydrogens is 266 g/mol. The van der Waals surface area contributed by atoms with Crippen molar-refractivity contribution in [3.05, 3.63) is 29.3 Å². The second kappa shape index (κ2) is 7.14. The van der Waals surface area contributed by atoms with E-state index in [1.807, 2.05) is 11.9 Å². The zero-order chi connectivity index (χ0) is 15.2. The molecule has 0 bridgehead atoms. The first-order valence-electron chi connectivity index (χ1n) is 7.22. The van der Waals surface area contributed by atoms with Gasteiger partial charge < -0.3 is 14.7 Å². The van der Waals surface area contributed by atoms with E-state index < -0.39 is 0 Å². The van der Waals surface area contributed by atoms with Crippen LogP contribution < -0.4 is 4.74 Å². The molecule has 1 fully saturated rings. The van der Waals surface area contributed by atoms with Gasteiger partial charge in [-0.15, -0.1) is 0 Å². The third-order valence-corrected chi connectivity index (χ3v) is 3.85. The lowest BCUT2D eigenvalue weighted by Crippen LogP contribution is -2.41. The van der Waals surface area contributed by atoms with Crippen LogP contribution in [0.4, 0.5) is 0 Å². The summed E-state index contributed by atoms with van der Waals surface area (Å²) in [6, 6.07) is 5.67. The van der Waals surface area contributed by atoms with Gasteiger partial charge >= 0.3 is 0 Å². The average molecular weight is 287 g/mol. The van der Waals surface area contributed by atoms with Gasteiger partial charge in [-0.2, -0.15) is 0 Å². The Bertz CT molecular complexity index is 567. The van der Waals surface area contributed by atoms with Gasteiger partial charge in [-0.25, -0.2) is 0 Å². The molecule has 0 heterocycles. The van der Waals surface area contributed by atoms with Gasteiger partial charge in [0.15, 0.2) is 0 Å². The first kappa shape index (κ1) is 15.4. The number of hydrogen-bond donors (Lipinski definition) is 1. The molecule has 0 spiro atoms. The van der Waals surface area contributed by atoms with Crippen LogP contribution in [0.25, 0.3) is 0 Å². The van der Waals surface area contributed by atoms with E-state index in [9.17, 15) is 4.79 Å². The first-order chi connectivity index (χ1) is 10.2. The molecule has 0 atom stereocenters. The molecule has 21 heavy (non-hydrogen) atoms. The lowest BCUT2D eigenvalue weighted by molar-refractivity contribution is 0.0652. The van der Waals surface area contributed by atoms with Crippen LogP contribution in [0.5, 0.6) is 5.75 Å². The summed E-state index contributed by atoms with van der Waals surface area (Å²) in [5, 5.41) is 8.79. The minimum Gasteiger partial charge on any atom is -0.495 e. The summed E-state index contributed by atoms with van der Waals surface area (Å²) in [4.78, 5) is 14.3. The van der Waals surface area contributed by atoms with Crippen molar-refractivity contribution in [2.24, 2.45) is 0 Å². The van der Waals surface area contributed by atoms with E-state index in [4.69, 9.17) is 9.84 Å². The lowest BCUT2D eigenvalue weighted by atomic mass is 9.91. The van der Waals surface area contributed by atoms with Gasteiger partial charge in [0.1, 0.15) is 5.75 Å². The summed E-state index contributed by atoms with van der Waals surface area (Å²) in [7, 11) is 3.43. The molecular formula is C17H21NO3. The number of nitrogens with zero attached hydrogens (tertiary/aromatic N) is 1. The van der Waals surface area contributed by atoms with Crippen LogP contribution in [0.3, 0.4) is 0 Å². The van der Waals surface area contributed by atoms with Gasteiger partial charge in [0.2, 0.25) is 0 Å². The highest BCUT2D eigenvalue weighted by atomic mass is 16.5. The molecule has 0 saturated heterocycles. The summed E-state index contributed by atoms with van der Waals surface area (Å²) >= 11 is 0. The third-order valence-electron chi connectivity index (χ3n) is 3.85. The zero-order valence-corrected chi connectivity index (χ0v) is 12.6. The number of aliphatic hydroxyl groups is 1. The van der Waals surface area contributed by atoms with Crippen molar-refractivity contribution < 1.29 is 14.6 Å². The van der Waals surface area contributed by atoms with Crippen LogP contribution in [0.1, 0.15) is 41.6 Å². The predicted octanol–water partition coefficient (Wildman–Crippen LogP) is 2.05. The largest absolute Gasteiger partial charge is 0.495 e. The molecule has 0 radical (unpaired) electrons. The van der Waals surface area contributed by atoms with Crippen LogP contribution in [0.2, 0.25) is 0 Å². The molecule has 112 valence electrons. The Kier molecular flexibility index (Phi) is 5.24. The fraction of sp³-hybridized carbons (Fsp3) is 0.471. The number of ether oxygens (including phenoxy) is 1. The summed E-state index contributed by atoms with van der Waals surface area (Å²) in [6.45, 7) is 0.0261. The van der Waals surface area contributed by atoms with Crippen LogP contribution in [0.15, 0.2) is 18.2 Å². The number of aliphatic hydroxyl groups excluding tert-OH is 1. The summed E-state index contributed by atoms with van der Waals surface area (Å²) in [5.74, 6) is 6.48. The summed E-state index contributed by atoms with van der Waals surface area (Å²) < 4.78 is 5.26. The minimum atomic E-state index is 0.0209. The molecule has 1 aromatic rings. The predicted molar refractivity (Wildman–Crippen MR) is 81.3 cm³/mol. The van der Waals surface area contributed by atoms with E-state index >= 15 is 0 Å². The Morgan fingerprint density at radius 1 is 1.48 bits per heavy atom. The minimum absolute atomic E-state index is 0.0209. The first-order valence-corrected chi connectivity index (χ1v) is 7.22. The van der Waals surface area contributed by atoms with Crippen molar-refractivity contribution in [1.29, 1.82) is 0 Å². The number of hydrogen-bond acceptors (Lipinski definition) is 3. The number of carbonyl (C=O) groups excluding carboxylic acids is 1. The molecule has 1 saturated carbocycles. The quantitative estimate of drug-likeness (QED) is 0.862. The van der Waals surface area contributed by atoms with Gasteiger partial charge in [0, 0.05) is 25.1 Å². The van der Waals surface area contributed by atoms with Crippen LogP contribution >= 0.6 is 0 Å². The maximum atomic E-state index is 12.5. The Morgan fingerprint density at radius 2 is 2.24 bits per heavy atom. The highest BCUT2D eigenvalue weighted by molar-refractivity contribution is 5.95. The molecule has 1 aliphatic rings. The van der Waals surface area contributed by atoms with E-state index in [-0.39, 0.29) is 12.5 Å². The Labute approximate surface area is 125 Å². The molecule has 1 aromatic carbocycles. The standard InChI is InChI=1S/C17H21NO3/c1-18(15-7-5-8-15)17(20)14-9-10-16(21-2)13(12-14)6-3-4-11-19/h9-10,12,15,19H,4-5,7-8,11H2,1-2H3. The molecule has 1 aliphatic carbocycles. The third kappa shape index (κ3) is 3.56. The maximum Gasteiger partial charge on any atom is 0.253 e. The average Bonchev–Trinajstić information content (AvgIpc) is 2.44. The fourth-order valence-corrected chi connectivity index (χ4v) is 2.30. The molecule has 0 aliphatic heterocycles. The van der Waals surface area contributed by atoms with Crippen molar-refractivity contribution in [2.75, 3.05) is 20.8 Å². The second-order valence-corrected chi connectivity index (χ2v) is 5.19. The molecule has 0 unspecified atom stereocenters. The maximum absolute atomic E-state index is 12.5. The number of benzene rings is 1. The topological polar surface area (TPSA) is 49.8 Å². The number of methoxy groups -OCH3 is 1. The molecule has 1 N–H and O–H groups in total. The summed E-state index contributed by atoms with van der Waals surface area (Å²) in [5.41, 5.74) is 1.30. The normalized spacial score (nSPS) is 13.9. The van der Waals surface area contributed by atoms with Crippen molar-refractivity contribution in [3.8, 4) is 17.6 Å². The highest BCUT2D eigenvalue weighted by Crippen LogP contribution is 2.26. The van der Waals surface area contributed by atoms with Gasteiger partial charge in [0.25, 0.3) is 5.91 Å². The van der Waals surface area contributed by atoms with E-state index in [0.717, 1.165) is 12.8 Å². The molecule has 1 amide bonds. The van der Waals surface area contributed by atoms with Crippen molar-refractivity contribution >= 4 is 5.91 Å². The second-order valence-electron chi connectivity index (χ2n) is 5.19. The molecule has 2 rings (SSSR count). The van der Waals surface area contributed by atoms with Gasteiger partial charge in [0.05, 0.1) is 19.3 Å². The van der Waals surface area contributed by atoms with Crippen molar-refractivity contribution in [1.82, 2.24) is 4.90 Å². The van der Waals surface area contributed by atoms with Gasteiger partial charge in [-0.1, -0.05) is 11.8 Å². The number of amides is 1. The van der Waals surface area contributed by atoms with Crippen LogP contribution in [-0.2, 0) is 0 Å². The van der Waals surface area contributed by atoms with Crippen molar-refractivity contribution in [3.63, 3.8) is 0 Å². The smallest absolute Gasteiger partial charge is 0.253 e. The lowest BCUT2D eigenvalue weighted by Gasteiger charge is -2.34. The number of carbonyl (C=O) groups is 1. The fourth-order valence-electron chi connectivity index (χ4n) is 2.30. The van der Waals surface area contributed by atoms with Gasteiger partial charge in [-0.3, -0.25) is 4.79 Å². The van der Waals surface area contributed by atoms with Crippen LogP contribution in [-0.4, -0.2) is 42.7 Å². The zero-order valence-electron chi connectivity index (χ0n) is 12.6. The molecule has 0 aromatic heterocycles. The van der Waals surface area contributed by atoms with Crippen LogP contribution in [0, 0.1) is 11.8 Å². The van der Waals surface area contributed by atoms with E-state index in [1.165, 1.54) is 6.42 Å². The highest BCUT2D eigenvalue weighted by Gasteiger charge is 2.26. The Morgan fingerprint density at radius 3 is 2.81 bits per heavy atom. The van der Waals surface area contributed by atoms with E-state index in [2.05, 4.69) is 11.8 Å². The van der Waals surface area contributed by atoms with Gasteiger partial charge in [-0.05, 0) is 37.5 Å². The monoisotopic (exact) mass is 287 g/mol. The van der Waals surface area contributed by atoms with E-state index in [0.29, 0.717) is 29.3 Å². The SMILES string of the molecule is COc1ccc(C(=O)N(C)C2CCC2)cc1C#CCCO. The summed E-state index contributed by atoms with van der Waals surface area (Å²) in [6.07, 6.45) is 3.77. The molecule has 4 heteroatoms. The van der Waals surface area contributed by atoms with E-state index in [1.54, 1.807) is 25.3 Å². The number of rotatable bonds is 4. The molecule has 4 nitrogen and oxygen atoms in total. The van der Waals surface area contributed by atoms with Crippen molar-refractivity contribution in [2.45, 2.75) is 31.7 Å².